The van der Waals surface area contributed by atoms with Gasteiger partial charge in [-0.25, -0.2) is 0 Å². The number of nitrogens with one attached hydrogen (secondary N) is 1. The van der Waals surface area contributed by atoms with Gasteiger partial charge >= 0.3 is 0 Å². The normalized spacial score (nSPS) is 18.1. The lowest BCUT2D eigenvalue weighted by Gasteiger charge is -2.37. The lowest BCUT2D eigenvalue weighted by molar-refractivity contribution is -0.153. The van der Waals surface area contributed by atoms with Crippen LogP contribution in [-0.2, 0) is 9.53 Å². The van der Waals surface area contributed by atoms with Crippen molar-refractivity contribution in [3.8, 4) is 0 Å². The maximum Gasteiger partial charge on any atom is 0.254 e. The van der Waals surface area contributed by atoms with Crippen molar-refractivity contribution in [2.45, 2.75) is 52.2 Å². The SMILES string of the molecule is COC(C)(C)C(=O)N(CC1CCNCC1)C(C)C. The van der Waals surface area contributed by atoms with E-state index in [1.54, 1.807) is 7.11 Å². The van der Waals surface area contributed by atoms with Gasteiger partial charge in [0.2, 0.25) is 0 Å². The zero-order valence-corrected chi connectivity index (χ0v) is 12.5. The molecule has 4 heteroatoms. The van der Waals surface area contributed by atoms with Gasteiger partial charge in [-0.1, -0.05) is 0 Å². The molecule has 1 fully saturated rings. The van der Waals surface area contributed by atoms with Gasteiger partial charge in [0.05, 0.1) is 0 Å². The lowest BCUT2D eigenvalue weighted by Crippen LogP contribution is -2.51. The van der Waals surface area contributed by atoms with E-state index in [-0.39, 0.29) is 11.9 Å². The van der Waals surface area contributed by atoms with Crippen LogP contribution in [0.4, 0.5) is 0 Å². The highest BCUT2D eigenvalue weighted by Crippen LogP contribution is 2.20. The molecule has 1 N–H and O–H groups in total. The Morgan fingerprint density at radius 2 is 1.94 bits per heavy atom. The minimum Gasteiger partial charge on any atom is -0.369 e. The van der Waals surface area contributed by atoms with Crippen LogP contribution < -0.4 is 5.32 Å². The Morgan fingerprint density at radius 1 is 1.39 bits per heavy atom. The number of piperidine rings is 1. The first-order chi connectivity index (χ1) is 8.38. The summed E-state index contributed by atoms with van der Waals surface area (Å²) in [6.07, 6.45) is 2.31. The summed E-state index contributed by atoms with van der Waals surface area (Å²) in [6, 6.07) is 0.224. The molecule has 1 amide bonds. The van der Waals surface area contributed by atoms with Crippen molar-refractivity contribution in [2.24, 2.45) is 5.92 Å². The van der Waals surface area contributed by atoms with Gasteiger partial charge in [-0.05, 0) is 59.5 Å². The Balaban J connectivity index is 2.67. The van der Waals surface area contributed by atoms with E-state index in [4.69, 9.17) is 4.74 Å². The molecule has 1 heterocycles. The summed E-state index contributed by atoms with van der Waals surface area (Å²) < 4.78 is 5.32. The average Bonchev–Trinajstić information content (AvgIpc) is 2.36. The fourth-order valence-electron chi connectivity index (χ4n) is 2.30. The van der Waals surface area contributed by atoms with Crippen LogP contribution in [0.15, 0.2) is 0 Å². The van der Waals surface area contributed by atoms with Gasteiger partial charge in [0.25, 0.3) is 5.91 Å². The zero-order chi connectivity index (χ0) is 13.8. The summed E-state index contributed by atoms with van der Waals surface area (Å²) in [5.74, 6) is 0.712. The van der Waals surface area contributed by atoms with Crippen LogP contribution in [0, 0.1) is 5.92 Å². The van der Waals surface area contributed by atoms with Crippen LogP contribution in [0.5, 0.6) is 0 Å². The van der Waals surface area contributed by atoms with E-state index in [9.17, 15) is 4.79 Å². The Morgan fingerprint density at radius 3 is 2.39 bits per heavy atom. The highest BCUT2D eigenvalue weighted by molar-refractivity contribution is 5.84. The van der Waals surface area contributed by atoms with Crippen LogP contribution in [-0.4, -0.2) is 49.2 Å². The summed E-state index contributed by atoms with van der Waals surface area (Å²) >= 11 is 0. The molecule has 0 aromatic carbocycles. The molecule has 18 heavy (non-hydrogen) atoms. The van der Waals surface area contributed by atoms with Crippen molar-refractivity contribution in [3.05, 3.63) is 0 Å². The smallest absolute Gasteiger partial charge is 0.254 e. The first-order valence-corrected chi connectivity index (χ1v) is 6.95. The van der Waals surface area contributed by atoms with E-state index < -0.39 is 5.60 Å². The predicted octanol–water partition coefficient (Wildman–Crippen LogP) is 1.65. The van der Waals surface area contributed by atoms with E-state index in [0.29, 0.717) is 5.92 Å². The number of methoxy groups -OCH3 is 1. The molecular weight excluding hydrogens is 228 g/mol. The summed E-state index contributed by atoms with van der Waals surface area (Å²) in [5, 5.41) is 3.36. The van der Waals surface area contributed by atoms with Crippen molar-refractivity contribution in [1.29, 1.82) is 0 Å². The molecule has 1 aliphatic rings. The van der Waals surface area contributed by atoms with Crippen molar-refractivity contribution in [3.63, 3.8) is 0 Å². The first-order valence-electron chi connectivity index (χ1n) is 6.95. The van der Waals surface area contributed by atoms with Crippen LogP contribution in [0.3, 0.4) is 0 Å². The monoisotopic (exact) mass is 256 g/mol. The highest BCUT2D eigenvalue weighted by atomic mass is 16.5. The maximum absolute atomic E-state index is 12.5. The van der Waals surface area contributed by atoms with E-state index in [1.165, 1.54) is 0 Å². The van der Waals surface area contributed by atoms with Gasteiger partial charge < -0.3 is 15.0 Å². The number of carbonyl (C=O) groups excluding carboxylic acids is 1. The van der Waals surface area contributed by atoms with E-state index in [2.05, 4.69) is 19.2 Å². The molecule has 106 valence electrons. The van der Waals surface area contributed by atoms with Crippen molar-refractivity contribution in [1.82, 2.24) is 10.2 Å². The van der Waals surface area contributed by atoms with Gasteiger partial charge in [-0.15, -0.1) is 0 Å². The van der Waals surface area contributed by atoms with E-state index in [1.807, 2.05) is 18.7 Å². The second-order valence-corrected chi connectivity index (χ2v) is 5.96. The molecule has 4 nitrogen and oxygen atoms in total. The second kappa shape index (κ2) is 6.53. The third-order valence-electron chi connectivity index (χ3n) is 3.82. The van der Waals surface area contributed by atoms with Crippen LogP contribution in [0.1, 0.15) is 40.5 Å². The number of carbonyl (C=O) groups is 1. The fourth-order valence-corrected chi connectivity index (χ4v) is 2.30. The van der Waals surface area contributed by atoms with E-state index >= 15 is 0 Å². The Bertz CT molecular complexity index is 271. The third-order valence-corrected chi connectivity index (χ3v) is 3.82. The predicted molar refractivity (Wildman–Crippen MR) is 73.5 cm³/mol. The molecule has 0 aromatic heterocycles. The van der Waals surface area contributed by atoms with Gasteiger partial charge in [-0.2, -0.15) is 0 Å². The Kier molecular flexibility index (Phi) is 5.60. The van der Waals surface area contributed by atoms with Crippen molar-refractivity contribution < 1.29 is 9.53 Å². The molecule has 0 saturated carbocycles. The largest absolute Gasteiger partial charge is 0.369 e. The molecule has 0 radical (unpaired) electrons. The van der Waals surface area contributed by atoms with Crippen molar-refractivity contribution in [2.75, 3.05) is 26.7 Å². The molecular formula is C14H28N2O2. The Hall–Kier alpha value is -0.610. The molecule has 1 rings (SSSR count). The van der Waals surface area contributed by atoms with E-state index in [0.717, 1.165) is 32.5 Å². The molecule has 0 atom stereocenters. The topological polar surface area (TPSA) is 41.6 Å². The molecule has 0 aliphatic carbocycles. The maximum atomic E-state index is 12.5. The number of hydrogen-bond acceptors (Lipinski definition) is 3. The Labute approximate surface area is 111 Å². The van der Waals surface area contributed by atoms with Crippen LogP contribution >= 0.6 is 0 Å². The summed E-state index contributed by atoms with van der Waals surface area (Å²) in [6.45, 7) is 10.8. The molecule has 0 aromatic rings. The summed E-state index contributed by atoms with van der Waals surface area (Å²) in [7, 11) is 1.60. The molecule has 0 bridgehead atoms. The fraction of sp³-hybridized carbons (Fsp3) is 0.929. The quantitative estimate of drug-likeness (QED) is 0.813. The van der Waals surface area contributed by atoms with Gasteiger partial charge in [0, 0.05) is 19.7 Å². The number of rotatable bonds is 5. The highest BCUT2D eigenvalue weighted by Gasteiger charge is 2.34. The number of ether oxygens (including phenoxy) is 1. The van der Waals surface area contributed by atoms with Gasteiger partial charge in [0.1, 0.15) is 5.60 Å². The molecule has 1 saturated heterocycles. The molecule has 1 aliphatic heterocycles. The number of nitrogens with zero attached hydrogens (tertiary/aromatic N) is 1. The van der Waals surface area contributed by atoms with Gasteiger partial charge in [-0.3, -0.25) is 4.79 Å². The standard InChI is InChI=1S/C14H28N2O2/c1-11(2)16(13(17)14(3,4)18-5)10-12-6-8-15-9-7-12/h11-12,15H,6-10H2,1-5H3. The molecule has 0 spiro atoms. The second-order valence-electron chi connectivity index (χ2n) is 5.96. The number of amides is 1. The number of hydrogen-bond donors (Lipinski definition) is 1. The first kappa shape index (κ1) is 15.4. The minimum atomic E-state index is -0.725. The van der Waals surface area contributed by atoms with Crippen LogP contribution in [0.2, 0.25) is 0 Å². The van der Waals surface area contributed by atoms with Crippen molar-refractivity contribution >= 4 is 5.91 Å². The molecule has 0 unspecified atom stereocenters. The lowest BCUT2D eigenvalue weighted by atomic mass is 9.96. The zero-order valence-electron chi connectivity index (χ0n) is 12.5. The summed E-state index contributed by atoms with van der Waals surface area (Å²) in [4.78, 5) is 14.5. The van der Waals surface area contributed by atoms with Gasteiger partial charge in [0.15, 0.2) is 0 Å². The average molecular weight is 256 g/mol. The third kappa shape index (κ3) is 3.95. The minimum absolute atomic E-state index is 0.0959. The summed E-state index contributed by atoms with van der Waals surface area (Å²) in [5.41, 5.74) is -0.725. The van der Waals surface area contributed by atoms with Crippen LogP contribution in [0.25, 0.3) is 0 Å².